The maximum atomic E-state index is 12.6. The van der Waals surface area contributed by atoms with E-state index >= 15 is 0 Å². The summed E-state index contributed by atoms with van der Waals surface area (Å²) in [6.45, 7) is -0.0406. The summed E-state index contributed by atoms with van der Waals surface area (Å²) in [4.78, 5) is 24.5. The molecule has 1 saturated carbocycles. The third kappa shape index (κ3) is 4.09. The van der Waals surface area contributed by atoms with Crippen LogP contribution in [0.15, 0.2) is 60.7 Å². The van der Waals surface area contributed by atoms with E-state index in [-0.39, 0.29) is 24.8 Å². The molecule has 28 heavy (non-hydrogen) atoms. The van der Waals surface area contributed by atoms with E-state index in [0.717, 1.165) is 29.8 Å². The van der Waals surface area contributed by atoms with Crippen molar-refractivity contribution in [1.82, 2.24) is 20.3 Å². The van der Waals surface area contributed by atoms with Gasteiger partial charge in [-0.05, 0) is 30.5 Å². The first kappa shape index (κ1) is 17.9. The lowest BCUT2D eigenvalue weighted by molar-refractivity contribution is -0.143. The Morgan fingerprint density at radius 3 is 2.39 bits per heavy atom. The summed E-state index contributed by atoms with van der Waals surface area (Å²) in [7, 11) is 0. The molecular formula is C21H20N4O3. The second-order valence-corrected chi connectivity index (χ2v) is 6.67. The van der Waals surface area contributed by atoms with Gasteiger partial charge in [-0.2, -0.15) is 0 Å². The van der Waals surface area contributed by atoms with E-state index in [4.69, 9.17) is 4.74 Å². The van der Waals surface area contributed by atoms with Gasteiger partial charge in [0, 0.05) is 5.92 Å². The van der Waals surface area contributed by atoms with E-state index in [1.165, 1.54) is 0 Å². The van der Waals surface area contributed by atoms with Gasteiger partial charge in [0.15, 0.2) is 5.69 Å². The average molecular weight is 376 g/mol. The maximum Gasteiger partial charge on any atom is 0.325 e. The molecule has 1 aliphatic carbocycles. The third-order valence-corrected chi connectivity index (χ3v) is 4.52. The number of para-hydroxylation sites is 1. The first-order valence-electron chi connectivity index (χ1n) is 9.21. The second kappa shape index (κ2) is 8.04. The number of hydrogen-bond donors (Lipinski definition) is 1. The fourth-order valence-corrected chi connectivity index (χ4v) is 2.96. The molecule has 142 valence electrons. The normalized spacial score (nSPS) is 13.1. The SMILES string of the molecule is O=C(CNC(=O)c1nnn(-c2ccccc2)c1C1CC1)OCc1ccccc1. The highest BCUT2D eigenvalue weighted by atomic mass is 16.5. The summed E-state index contributed by atoms with van der Waals surface area (Å²) in [5.41, 5.74) is 2.81. The Labute approximate surface area is 162 Å². The van der Waals surface area contributed by atoms with Crippen LogP contribution in [0.1, 0.15) is 40.5 Å². The van der Waals surface area contributed by atoms with E-state index in [1.54, 1.807) is 4.68 Å². The summed E-state index contributed by atoms with van der Waals surface area (Å²) < 4.78 is 6.89. The Balaban J connectivity index is 1.40. The molecule has 1 N–H and O–H groups in total. The molecule has 0 bridgehead atoms. The average Bonchev–Trinajstić information content (AvgIpc) is 3.49. The summed E-state index contributed by atoms with van der Waals surface area (Å²) in [6.07, 6.45) is 2.00. The van der Waals surface area contributed by atoms with Crippen molar-refractivity contribution in [3.05, 3.63) is 77.6 Å². The van der Waals surface area contributed by atoms with Crippen LogP contribution in [0.5, 0.6) is 0 Å². The van der Waals surface area contributed by atoms with Gasteiger partial charge in [0.1, 0.15) is 13.2 Å². The fraction of sp³-hybridized carbons (Fsp3) is 0.238. The lowest BCUT2D eigenvalue weighted by Gasteiger charge is -2.08. The number of benzene rings is 2. The van der Waals surface area contributed by atoms with Gasteiger partial charge in [-0.1, -0.05) is 53.7 Å². The van der Waals surface area contributed by atoms with Crippen LogP contribution < -0.4 is 5.32 Å². The van der Waals surface area contributed by atoms with E-state index in [2.05, 4.69) is 15.6 Å². The number of nitrogens with zero attached hydrogens (tertiary/aromatic N) is 3. The smallest absolute Gasteiger partial charge is 0.325 e. The summed E-state index contributed by atoms with van der Waals surface area (Å²) >= 11 is 0. The molecule has 1 aliphatic rings. The quantitative estimate of drug-likeness (QED) is 0.641. The number of carbonyl (C=O) groups excluding carboxylic acids is 2. The second-order valence-electron chi connectivity index (χ2n) is 6.67. The largest absolute Gasteiger partial charge is 0.460 e. The van der Waals surface area contributed by atoms with Crippen LogP contribution in [0.4, 0.5) is 0 Å². The Morgan fingerprint density at radius 1 is 1.04 bits per heavy atom. The maximum absolute atomic E-state index is 12.6. The van der Waals surface area contributed by atoms with Gasteiger partial charge in [-0.15, -0.1) is 5.10 Å². The number of ether oxygens (including phenoxy) is 1. The number of rotatable bonds is 7. The van der Waals surface area contributed by atoms with Gasteiger partial charge in [0.25, 0.3) is 5.91 Å². The zero-order valence-corrected chi connectivity index (χ0v) is 15.2. The third-order valence-electron chi connectivity index (χ3n) is 4.52. The highest BCUT2D eigenvalue weighted by Gasteiger charge is 2.34. The summed E-state index contributed by atoms with van der Waals surface area (Å²) in [5, 5.41) is 10.8. The van der Waals surface area contributed by atoms with Crippen LogP contribution in [0.2, 0.25) is 0 Å². The number of amides is 1. The predicted molar refractivity (Wildman–Crippen MR) is 102 cm³/mol. The molecule has 1 heterocycles. The van der Waals surface area contributed by atoms with Gasteiger partial charge in [0.05, 0.1) is 11.4 Å². The molecule has 4 rings (SSSR count). The van der Waals surface area contributed by atoms with Crippen molar-refractivity contribution in [1.29, 1.82) is 0 Å². The van der Waals surface area contributed by atoms with E-state index < -0.39 is 11.9 Å². The van der Waals surface area contributed by atoms with Crippen molar-refractivity contribution in [3.8, 4) is 5.69 Å². The first-order valence-corrected chi connectivity index (χ1v) is 9.21. The highest BCUT2D eigenvalue weighted by molar-refractivity contribution is 5.95. The van der Waals surface area contributed by atoms with Crippen molar-refractivity contribution in [2.75, 3.05) is 6.54 Å². The monoisotopic (exact) mass is 376 g/mol. The van der Waals surface area contributed by atoms with Crippen LogP contribution in [-0.2, 0) is 16.1 Å². The molecule has 0 radical (unpaired) electrons. The topological polar surface area (TPSA) is 86.1 Å². The van der Waals surface area contributed by atoms with Crippen molar-refractivity contribution < 1.29 is 14.3 Å². The Kier molecular flexibility index (Phi) is 5.14. The van der Waals surface area contributed by atoms with E-state index in [9.17, 15) is 9.59 Å². The van der Waals surface area contributed by atoms with Gasteiger partial charge < -0.3 is 10.1 Å². The number of hydrogen-bond acceptors (Lipinski definition) is 5. The van der Waals surface area contributed by atoms with E-state index in [1.807, 2.05) is 60.7 Å². The molecule has 1 aromatic heterocycles. The molecule has 0 saturated heterocycles. The number of aromatic nitrogens is 3. The van der Waals surface area contributed by atoms with Crippen LogP contribution >= 0.6 is 0 Å². The highest BCUT2D eigenvalue weighted by Crippen LogP contribution is 2.41. The van der Waals surface area contributed by atoms with Crippen LogP contribution in [0, 0.1) is 0 Å². The standard InChI is InChI=1S/C21H20N4O3/c26-18(28-14-15-7-3-1-4-8-15)13-22-21(27)19-20(16-11-12-16)25(24-23-19)17-9-5-2-6-10-17/h1-10,16H,11-14H2,(H,22,27). The molecule has 1 amide bonds. The Morgan fingerprint density at radius 2 is 1.71 bits per heavy atom. The molecule has 0 unspecified atom stereocenters. The van der Waals surface area contributed by atoms with Crippen LogP contribution in [0.3, 0.4) is 0 Å². The summed E-state index contributed by atoms with van der Waals surface area (Å²) in [5.74, 6) is -0.651. The molecule has 0 aliphatic heterocycles. The lowest BCUT2D eigenvalue weighted by Crippen LogP contribution is -2.31. The van der Waals surface area contributed by atoms with Crippen molar-refractivity contribution in [3.63, 3.8) is 0 Å². The molecule has 0 atom stereocenters. The Hall–Kier alpha value is -3.48. The number of nitrogens with one attached hydrogen (secondary N) is 1. The van der Waals surface area contributed by atoms with Crippen molar-refractivity contribution in [2.45, 2.75) is 25.4 Å². The van der Waals surface area contributed by atoms with Gasteiger partial charge >= 0.3 is 5.97 Å². The molecule has 2 aromatic carbocycles. The lowest BCUT2D eigenvalue weighted by atomic mass is 10.2. The Bertz CT molecular complexity index is 966. The fourth-order valence-electron chi connectivity index (χ4n) is 2.96. The van der Waals surface area contributed by atoms with Gasteiger partial charge in [0.2, 0.25) is 0 Å². The molecular weight excluding hydrogens is 356 g/mol. The minimum Gasteiger partial charge on any atom is -0.460 e. The molecule has 7 heteroatoms. The molecule has 0 spiro atoms. The minimum atomic E-state index is -0.499. The van der Waals surface area contributed by atoms with E-state index in [0.29, 0.717) is 0 Å². The van der Waals surface area contributed by atoms with Crippen molar-refractivity contribution in [2.24, 2.45) is 0 Å². The van der Waals surface area contributed by atoms with Gasteiger partial charge in [-0.3, -0.25) is 9.59 Å². The first-order chi connectivity index (χ1) is 13.7. The van der Waals surface area contributed by atoms with Crippen LogP contribution in [0.25, 0.3) is 5.69 Å². The van der Waals surface area contributed by atoms with Crippen molar-refractivity contribution >= 4 is 11.9 Å². The number of esters is 1. The molecule has 1 fully saturated rings. The molecule has 3 aromatic rings. The zero-order chi connectivity index (χ0) is 19.3. The summed E-state index contributed by atoms with van der Waals surface area (Å²) in [6, 6.07) is 19.0. The minimum absolute atomic E-state index is 0.174. The van der Waals surface area contributed by atoms with Crippen LogP contribution in [-0.4, -0.2) is 33.4 Å². The number of carbonyl (C=O) groups is 2. The van der Waals surface area contributed by atoms with Gasteiger partial charge in [-0.25, -0.2) is 4.68 Å². The zero-order valence-electron chi connectivity index (χ0n) is 15.2. The molecule has 7 nitrogen and oxygen atoms in total. The predicted octanol–water partition coefficient (Wildman–Crippen LogP) is 2.62.